The lowest BCUT2D eigenvalue weighted by Gasteiger charge is -2.14. The number of halogens is 3. The molecule has 1 heterocycles. The van der Waals surface area contributed by atoms with Crippen LogP contribution in [0.25, 0.3) is 0 Å². The highest BCUT2D eigenvalue weighted by molar-refractivity contribution is 5.09. The molecule has 0 fully saturated rings. The minimum absolute atomic E-state index is 0.0325. The number of nitrogens with one attached hydrogen (secondary N) is 1. The molecule has 0 saturated carbocycles. The third-order valence-electron chi connectivity index (χ3n) is 2.27. The van der Waals surface area contributed by atoms with Gasteiger partial charge in [-0.1, -0.05) is 0 Å². The summed E-state index contributed by atoms with van der Waals surface area (Å²) in [5.74, 6) is 1.48. The van der Waals surface area contributed by atoms with Crippen molar-refractivity contribution in [3.63, 3.8) is 0 Å². The van der Waals surface area contributed by atoms with Crippen molar-refractivity contribution < 1.29 is 22.3 Å². The van der Waals surface area contributed by atoms with Crippen LogP contribution >= 0.6 is 0 Å². The third-order valence-corrected chi connectivity index (χ3v) is 2.27. The van der Waals surface area contributed by atoms with Crippen molar-refractivity contribution in [2.75, 3.05) is 20.3 Å². The van der Waals surface area contributed by atoms with Gasteiger partial charge in [0, 0.05) is 6.61 Å². The minimum Gasteiger partial charge on any atom is -0.465 e. The summed E-state index contributed by atoms with van der Waals surface area (Å²) >= 11 is 0. The van der Waals surface area contributed by atoms with Crippen LogP contribution in [0.1, 0.15) is 24.0 Å². The summed E-state index contributed by atoms with van der Waals surface area (Å²) in [6.45, 7) is 0.641. The van der Waals surface area contributed by atoms with Gasteiger partial charge in [-0.25, -0.2) is 0 Å². The van der Waals surface area contributed by atoms with E-state index in [2.05, 4.69) is 10.1 Å². The van der Waals surface area contributed by atoms with Crippen LogP contribution in [0, 0.1) is 6.92 Å². The molecule has 3 nitrogen and oxygen atoms in total. The molecule has 98 valence electrons. The van der Waals surface area contributed by atoms with E-state index in [1.165, 1.54) is 0 Å². The molecule has 1 N–H and O–H groups in total. The fourth-order valence-corrected chi connectivity index (χ4v) is 1.46. The number of hydrogen-bond donors (Lipinski definition) is 1. The topological polar surface area (TPSA) is 34.4 Å². The van der Waals surface area contributed by atoms with Crippen LogP contribution < -0.4 is 5.32 Å². The summed E-state index contributed by atoms with van der Waals surface area (Å²) in [6, 6.07) is 3.49. The second-order valence-electron chi connectivity index (χ2n) is 3.75. The lowest BCUT2D eigenvalue weighted by molar-refractivity contribution is -0.174. The van der Waals surface area contributed by atoms with Crippen LogP contribution in [0.3, 0.4) is 0 Å². The predicted octanol–water partition coefficient (Wildman–Crippen LogP) is 2.82. The highest BCUT2D eigenvalue weighted by Gasteiger charge is 2.27. The number of ether oxygens (including phenoxy) is 1. The first-order valence-corrected chi connectivity index (χ1v) is 5.30. The van der Waals surface area contributed by atoms with Crippen LogP contribution in [0.2, 0.25) is 0 Å². The maximum absolute atomic E-state index is 11.8. The normalized spacial score (nSPS) is 13.9. The Morgan fingerprint density at radius 2 is 2.12 bits per heavy atom. The average molecular weight is 251 g/mol. The Balaban J connectivity index is 2.33. The molecule has 1 rings (SSSR count). The second kappa shape index (κ2) is 6.07. The van der Waals surface area contributed by atoms with E-state index in [0.29, 0.717) is 12.2 Å². The van der Waals surface area contributed by atoms with E-state index in [4.69, 9.17) is 4.42 Å². The molecule has 0 aliphatic heterocycles. The molecule has 0 radical (unpaired) electrons. The van der Waals surface area contributed by atoms with E-state index < -0.39 is 12.8 Å². The van der Waals surface area contributed by atoms with Gasteiger partial charge in [-0.15, -0.1) is 0 Å². The maximum atomic E-state index is 11.8. The highest BCUT2D eigenvalue weighted by atomic mass is 19.4. The lowest BCUT2D eigenvalue weighted by Crippen LogP contribution is -2.21. The van der Waals surface area contributed by atoms with Gasteiger partial charge in [0.25, 0.3) is 0 Å². The molecule has 0 aliphatic rings. The van der Waals surface area contributed by atoms with Gasteiger partial charge in [0.1, 0.15) is 18.1 Å². The van der Waals surface area contributed by atoms with E-state index in [1.54, 1.807) is 13.1 Å². The fourth-order valence-electron chi connectivity index (χ4n) is 1.46. The largest absolute Gasteiger partial charge is 0.465 e. The Morgan fingerprint density at radius 1 is 1.41 bits per heavy atom. The van der Waals surface area contributed by atoms with E-state index in [9.17, 15) is 13.2 Å². The van der Waals surface area contributed by atoms with Gasteiger partial charge in [0.2, 0.25) is 0 Å². The summed E-state index contributed by atoms with van der Waals surface area (Å²) in [7, 11) is 1.73. The Hall–Kier alpha value is -1.01. The summed E-state index contributed by atoms with van der Waals surface area (Å²) < 4.78 is 45.4. The van der Waals surface area contributed by atoms with E-state index >= 15 is 0 Å². The maximum Gasteiger partial charge on any atom is 0.411 e. The molecule has 0 amide bonds. The smallest absolute Gasteiger partial charge is 0.411 e. The molecule has 0 bridgehead atoms. The third kappa shape index (κ3) is 5.23. The van der Waals surface area contributed by atoms with Crippen molar-refractivity contribution >= 4 is 0 Å². The highest BCUT2D eigenvalue weighted by Crippen LogP contribution is 2.20. The standard InChI is InChI=1S/C11H16F3NO2/c1-8-3-4-10(17-8)9(15-2)5-6-16-7-11(12,13)14/h3-4,9,15H,5-7H2,1-2H3. The Labute approximate surface area is 97.9 Å². The van der Waals surface area contributed by atoms with Crippen molar-refractivity contribution in [1.29, 1.82) is 0 Å². The van der Waals surface area contributed by atoms with Crippen molar-refractivity contribution in [2.45, 2.75) is 25.6 Å². The fraction of sp³-hybridized carbons (Fsp3) is 0.636. The summed E-state index contributed by atoms with van der Waals surface area (Å²) in [5, 5.41) is 2.97. The molecule has 6 heteroatoms. The molecule has 0 saturated heterocycles. The van der Waals surface area contributed by atoms with Crippen molar-refractivity contribution in [2.24, 2.45) is 0 Å². The second-order valence-corrected chi connectivity index (χ2v) is 3.75. The van der Waals surface area contributed by atoms with E-state index in [-0.39, 0.29) is 12.6 Å². The molecule has 1 unspecified atom stereocenters. The zero-order valence-electron chi connectivity index (χ0n) is 9.80. The van der Waals surface area contributed by atoms with Gasteiger partial charge in [-0.3, -0.25) is 0 Å². The van der Waals surface area contributed by atoms with Crippen molar-refractivity contribution in [1.82, 2.24) is 5.32 Å². The van der Waals surface area contributed by atoms with Crippen molar-refractivity contribution in [3.8, 4) is 0 Å². The van der Waals surface area contributed by atoms with Crippen LogP contribution in [0.5, 0.6) is 0 Å². The molecule has 17 heavy (non-hydrogen) atoms. The number of hydrogen-bond acceptors (Lipinski definition) is 3. The number of alkyl halides is 3. The minimum atomic E-state index is -4.27. The first-order chi connectivity index (χ1) is 7.92. The molecule has 0 aliphatic carbocycles. The van der Waals surface area contributed by atoms with Gasteiger partial charge in [0.15, 0.2) is 0 Å². The SMILES string of the molecule is CNC(CCOCC(F)(F)F)c1ccc(C)o1. The molecular formula is C11H16F3NO2. The zero-order chi connectivity index (χ0) is 12.9. The predicted molar refractivity (Wildman–Crippen MR) is 56.7 cm³/mol. The number of furan rings is 1. The summed E-state index contributed by atoms with van der Waals surface area (Å²) in [4.78, 5) is 0. The zero-order valence-corrected chi connectivity index (χ0v) is 9.80. The van der Waals surface area contributed by atoms with Gasteiger partial charge in [-0.05, 0) is 32.5 Å². The summed E-state index contributed by atoms with van der Waals surface area (Å²) in [6.07, 6.45) is -3.84. The summed E-state index contributed by atoms with van der Waals surface area (Å²) in [5.41, 5.74) is 0. The van der Waals surface area contributed by atoms with Crippen molar-refractivity contribution in [3.05, 3.63) is 23.7 Å². The first-order valence-electron chi connectivity index (χ1n) is 5.30. The van der Waals surface area contributed by atoms with E-state index in [1.807, 2.05) is 13.0 Å². The molecule has 0 aromatic carbocycles. The quantitative estimate of drug-likeness (QED) is 0.789. The monoisotopic (exact) mass is 251 g/mol. The number of rotatable bonds is 6. The molecule has 0 spiro atoms. The Kier molecular flexibility index (Phi) is 5.02. The average Bonchev–Trinajstić information content (AvgIpc) is 2.63. The van der Waals surface area contributed by atoms with Gasteiger partial charge < -0.3 is 14.5 Å². The lowest BCUT2D eigenvalue weighted by atomic mass is 10.1. The Morgan fingerprint density at radius 3 is 2.59 bits per heavy atom. The van der Waals surface area contributed by atoms with Gasteiger partial charge >= 0.3 is 6.18 Å². The van der Waals surface area contributed by atoms with Crippen LogP contribution in [-0.4, -0.2) is 26.4 Å². The van der Waals surface area contributed by atoms with E-state index in [0.717, 1.165) is 5.76 Å². The van der Waals surface area contributed by atoms with Crippen LogP contribution in [0.15, 0.2) is 16.5 Å². The number of aryl methyl sites for hydroxylation is 1. The Bertz CT molecular complexity index is 336. The van der Waals surface area contributed by atoms with Gasteiger partial charge in [-0.2, -0.15) is 13.2 Å². The molecule has 1 aromatic rings. The van der Waals surface area contributed by atoms with Crippen LogP contribution in [0.4, 0.5) is 13.2 Å². The molecule has 1 aromatic heterocycles. The van der Waals surface area contributed by atoms with Crippen LogP contribution in [-0.2, 0) is 4.74 Å². The first kappa shape index (κ1) is 14.1. The molecule has 1 atom stereocenters. The van der Waals surface area contributed by atoms with Gasteiger partial charge in [0.05, 0.1) is 6.04 Å². The molecular weight excluding hydrogens is 235 g/mol.